The first kappa shape index (κ1) is 20.9. The molecule has 0 bridgehead atoms. The van der Waals surface area contributed by atoms with Crippen molar-refractivity contribution < 1.29 is 18.0 Å². The van der Waals surface area contributed by atoms with Crippen molar-refractivity contribution in [3.63, 3.8) is 0 Å². The number of halogens is 5. The number of pyridine rings is 1. The van der Waals surface area contributed by atoms with E-state index in [2.05, 4.69) is 10.3 Å². The highest BCUT2D eigenvalue weighted by atomic mass is 35.5. The van der Waals surface area contributed by atoms with E-state index in [1.54, 1.807) is 4.90 Å². The third-order valence-corrected chi connectivity index (χ3v) is 3.34. The SMILES string of the molecule is CC1CN(C(=O)c2ccc(C(F)(F)F)cn2)C(C)CN1.Cl.Cl. The number of aromatic nitrogens is 1. The average Bonchev–Trinajstić information content (AvgIpc) is 2.40. The average molecular weight is 360 g/mol. The molecule has 2 unspecified atom stereocenters. The fraction of sp³-hybridized carbons (Fsp3) is 0.538. The number of carbonyl (C=O) groups excluding carboxylic acids is 1. The van der Waals surface area contributed by atoms with Gasteiger partial charge in [-0.1, -0.05) is 0 Å². The molecule has 0 aromatic carbocycles. The van der Waals surface area contributed by atoms with Crippen molar-refractivity contribution in [2.24, 2.45) is 0 Å². The van der Waals surface area contributed by atoms with Crippen LogP contribution in [0.15, 0.2) is 18.3 Å². The van der Waals surface area contributed by atoms with Gasteiger partial charge in [0.2, 0.25) is 0 Å². The molecule has 1 N–H and O–H groups in total. The summed E-state index contributed by atoms with van der Waals surface area (Å²) in [5, 5.41) is 3.23. The zero-order valence-electron chi connectivity index (χ0n) is 12.1. The first-order valence-electron chi connectivity index (χ1n) is 6.36. The molecule has 126 valence electrons. The van der Waals surface area contributed by atoms with E-state index in [-0.39, 0.29) is 48.5 Å². The van der Waals surface area contributed by atoms with Crippen LogP contribution in [0.25, 0.3) is 0 Å². The summed E-state index contributed by atoms with van der Waals surface area (Å²) < 4.78 is 37.3. The van der Waals surface area contributed by atoms with Crippen LogP contribution in [-0.4, -0.2) is 41.0 Å². The van der Waals surface area contributed by atoms with Crippen molar-refractivity contribution in [1.29, 1.82) is 0 Å². The van der Waals surface area contributed by atoms with Crippen LogP contribution in [0, 0.1) is 0 Å². The second kappa shape index (κ2) is 7.99. The molecule has 0 saturated carbocycles. The lowest BCUT2D eigenvalue weighted by Gasteiger charge is -2.37. The number of hydrogen-bond acceptors (Lipinski definition) is 3. The van der Waals surface area contributed by atoms with E-state index < -0.39 is 11.7 Å². The second-order valence-electron chi connectivity index (χ2n) is 5.05. The van der Waals surface area contributed by atoms with Crippen LogP contribution in [0.5, 0.6) is 0 Å². The Hall–Kier alpha value is -1.05. The molecule has 0 spiro atoms. The molecule has 2 heterocycles. The summed E-state index contributed by atoms with van der Waals surface area (Å²) in [5.41, 5.74) is -0.810. The minimum Gasteiger partial charge on any atom is -0.332 e. The zero-order valence-corrected chi connectivity index (χ0v) is 13.7. The number of nitrogens with one attached hydrogen (secondary N) is 1. The zero-order chi connectivity index (χ0) is 14.9. The molecule has 22 heavy (non-hydrogen) atoms. The van der Waals surface area contributed by atoms with Gasteiger partial charge < -0.3 is 10.2 Å². The standard InChI is InChI=1S/C13H16F3N3O.2ClH/c1-8-7-19(9(2)5-17-8)12(20)11-4-3-10(6-18-11)13(14,15)16;;/h3-4,6,8-9,17H,5,7H2,1-2H3;2*1H. The molecule has 1 amide bonds. The smallest absolute Gasteiger partial charge is 0.332 e. The highest BCUT2D eigenvalue weighted by molar-refractivity contribution is 5.92. The Kier molecular flexibility index (Phi) is 7.61. The van der Waals surface area contributed by atoms with Gasteiger partial charge in [-0.25, -0.2) is 0 Å². The Morgan fingerprint density at radius 3 is 2.45 bits per heavy atom. The maximum absolute atomic E-state index is 12.4. The number of piperazine rings is 1. The van der Waals surface area contributed by atoms with Crippen LogP contribution in [0.2, 0.25) is 0 Å². The molecule has 9 heteroatoms. The van der Waals surface area contributed by atoms with Gasteiger partial charge in [0.15, 0.2) is 0 Å². The van der Waals surface area contributed by atoms with Crippen LogP contribution in [-0.2, 0) is 6.18 Å². The Bertz CT molecular complexity index is 496. The fourth-order valence-corrected chi connectivity index (χ4v) is 2.14. The van der Waals surface area contributed by atoms with Gasteiger partial charge in [-0.15, -0.1) is 24.8 Å². The topological polar surface area (TPSA) is 45.2 Å². The van der Waals surface area contributed by atoms with E-state index in [1.807, 2.05) is 13.8 Å². The Balaban J connectivity index is 0.00000220. The first-order valence-corrected chi connectivity index (χ1v) is 6.36. The van der Waals surface area contributed by atoms with Crippen LogP contribution in [0.1, 0.15) is 29.9 Å². The quantitative estimate of drug-likeness (QED) is 0.838. The maximum Gasteiger partial charge on any atom is 0.417 e. The molecule has 2 rings (SSSR count). The lowest BCUT2D eigenvalue weighted by Crippen LogP contribution is -2.56. The van der Waals surface area contributed by atoms with Gasteiger partial charge in [-0.2, -0.15) is 13.2 Å². The van der Waals surface area contributed by atoms with Gasteiger partial charge >= 0.3 is 6.18 Å². The van der Waals surface area contributed by atoms with Crippen molar-refractivity contribution in [2.75, 3.05) is 13.1 Å². The molecule has 0 aliphatic carbocycles. The molecule has 1 aliphatic rings. The van der Waals surface area contributed by atoms with Gasteiger partial charge in [0.1, 0.15) is 5.69 Å². The third-order valence-electron chi connectivity index (χ3n) is 3.34. The summed E-state index contributed by atoms with van der Waals surface area (Å²) in [6, 6.07) is 2.16. The number of rotatable bonds is 1. The summed E-state index contributed by atoms with van der Waals surface area (Å²) in [7, 11) is 0. The molecule has 4 nitrogen and oxygen atoms in total. The van der Waals surface area contributed by atoms with Crippen molar-refractivity contribution in [3.8, 4) is 0 Å². The highest BCUT2D eigenvalue weighted by Crippen LogP contribution is 2.28. The molecule has 2 atom stereocenters. The van der Waals surface area contributed by atoms with E-state index in [0.717, 1.165) is 12.1 Å². The van der Waals surface area contributed by atoms with E-state index >= 15 is 0 Å². The van der Waals surface area contributed by atoms with Crippen LogP contribution in [0.4, 0.5) is 13.2 Å². The van der Waals surface area contributed by atoms with E-state index in [1.165, 1.54) is 0 Å². The van der Waals surface area contributed by atoms with Crippen molar-refractivity contribution in [3.05, 3.63) is 29.6 Å². The van der Waals surface area contributed by atoms with Crippen LogP contribution < -0.4 is 5.32 Å². The summed E-state index contributed by atoms with van der Waals surface area (Å²) >= 11 is 0. The summed E-state index contributed by atoms with van der Waals surface area (Å²) in [6.45, 7) is 5.02. The lowest BCUT2D eigenvalue weighted by atomic mass is 10.1. The Labute approximate surface area is 139 Å². The second-order valence-corrected chi connectivity index (χ2v) is 5.05. The minimum absolute atomic E-state index is 0. The molecular weight excluding hydrogens is 342 g/mol. The van der Waals surface area contributed by atoms with E-state index in [0.29, 0.717) is 19.3 Å². The molecule has 1 fully saturated rings. The maximum atomic E-state index is 12.4. The first-order chi connectivity index (χ1) is 9.29. The molecule has 1 saturated heterocycles. The van der Waals surface area contributed by atoms with Crippen molar-refractivity contribution in [2.45, 2.75) is 32.1 Å². The summed E-state index contributed by atoms with van der Waals surface area (Å²) in [5.74, 6) is -0.334. The van der Waals surface area contributed by atoms with Gasteiger partial charge in [0, 0.05) is 31.4 Å². The molecule has 1 aromatic heterocycles. The number of alkyl halides is 3. The van der Waals surface area contributed by atoms with Gasteiger partial charge in [-0.05, 0) is 26.0 Å². The van der Waals surface area contributed by atoms with E-state index in [9.17, 15) is 18.0 Å². The normalized spacial score (nSPS) is 21.6. The van der Waals surface area contributed by atoms with Gasteiger partial charge in [0.25, 0.3) is 5.91 Å². The van der Waals surface area contributed by atoms with E-state index in [4.69, 9.17) is 0 Å². The molecule has 1 aromatic rings. The predicted octanol–water partition coefficient (Wildman–Crippen LogP) is 2.77. The summed E-state index contributed by atoms with van der Waals surface area (Å²) in [6.07, 6.45) is -3.74. The van der Waals surface area contributed by atoms with Crippen molar-refractivity contribution in [1.82, 2.24) is 15.2 Å². The number of hydrogen-bond donors (Lipinski definition) is 1. The largest absolute Gasteiger partial charge is 0.417 e. The number of nitrogens with zero attached hydrogens (tertiary/aromatic N) is 2. The molecule has 0 radical (unpaired) electrons. The number of carbonyl (C=O) groups is 1. The number of amides is 1. The fourth-order valence-electron chi connectivity index (χ4n) is 2.14. The molecule has 1 aliphatic heterocycles. The third kappa shape index (κ3) is 4.72. The highest BCUT2D eigenvalue weighted by Gasteiger charge is 2.32. The monoisotopic (exact) mass is 359 g/mol. The van der Waals surface area contributed by atoms with Crippen LogP contribution >= 0.6 is 24.8 Å². The Morgan fingerprint density at radius 1 is 1.32 bits per heavy atom. The lowest BCUT2D eigenvalue weighted by molar-refractivity contribution is -0.137. The van der Waals surface area contributed by atoms with Gasteiger partial charge in [0.05, 0.1) is 5.56 Å². The van der Waals surface area contributed by atoms with Crippen LogP contribution in [0.3, 0.4) is 0 Å². The van der Waals surface area contributed by atoms with Crippen molar-refractivity contribution >= 4 is 30.7 Å². The predicted molar refractivity (Wildman–Crippen MR) is 81.7 cm³/mol. The minimum atomic E-state index is -4.44. The Morgan fingerprint density at radius 2 is 1.95 bits per heavy atom. The molecular formula is C13H18Cl2F3N3O. The van der Waals surface area contributed by atoms with Gasteiger partial charge in [-0.3, -0.25) is 9.78 Å². The summed E-state index contributed by atoms with van der Waals surface area (Å²) in [4.78, 5) is 17.6.